The zero-order valence-corrected chi connectivity index (χ0v) is 11.8. The summed E-state index contributed by atoms with van der Waals surface area (Å²) < 4.78 is 1.92. The van der Waals surface area contributed by atoms with Crippen LogP contribution in [0.3, 0.4) is 0 Å². The standard InChI is InChI=1S/C16H11ClN4/c17-10-15-19-20-16(13-8-6-12(11-18)7-9-13)21(15)14-4-2-1-3-5-14/h1-9H,10H2. The fourth-order valence-electron chi connectivity index (χ4n) is 2.13. The molecule has 2 aromatic carbocycles. The predicted octanol–water partition coefficient (Wildman–Crippen LogP) is 3.54. The van der Waals surface area contributed by atoms with Gasteiger partial charge in [0.2, 0.25) is 0 Å². The molecular formula is C16H11ClN4. The second-order valence-corrected chi connectivity index (χ2v) is 4.70. The molecule has 0 aliphatic carbocycles. The molecule has 0 unspecified atom stereocenters. The summed E-state index contributed by atoms with van der Waals surface area (Å²) in [5.41, 5.74) is 2.46. The minimum Gasteiger partial charge on any atom is -0.278 e. The first-order valence-electron chi connectivity index (χ1n) is 6.39. The van der Waals surface area contributed by atoms with E-state index in [1.165, 1.54) is 0 Å². The Morgan fingerprint density at radius 3 is 2.33 bits per heavy atom. The molecule has 0 radical (unpaired) electrons. The lowest BCUT2D eigenvalue weighted by Gasteiger charge is -2.09. The largest absolute Gasteiger partial charge is 0.278 e. The maximum Gasteiger partial charge on any atom is 0.168 e. The maximum absolute atomic E-state index is 8.87. The second-order valence-electron chi connectivity index (χ2n) is 4.43. The first-order chi connectivity index (χ1) is 10.3. The highest BCUT2D eigenvalue weighted by Gasteiger charge is 2.14. The molecule has 21 heavy (non-hydrogen) atoms. The van der Waals surface area contributed by atoms with E-state index < -0.39 is 0 Å². The van der Waals surface area contributed by atoms with E-state index in [1.807, 2.05) is 47.0 Å². The van der Waals surface area contributed by atoms with E-state index in [2.05, 4.69) is 16.3 Å². The summed E-state index contributed by atoms with van der Waals surface area (Å²) in [5, 5.41) is 17.3. The summed E-state index contributed by atoms with van der Waals surface area (Å²) in [6.07, 6.45) is 0. The van der Waals surface area contributed by atoms with Gasteiger partial charge in [-0.3, -0.25) is 4.57 Å². The number of hydrogen-bond donors (Lipinski definition) is 0. The molecule has 0 saturated heterocycles. The van der Waals surface area contributed by atoms with Gasteiger partial charge in [0.1, 0.15) is 0 Å². The van der Waals surface area contributed by atoms with Gasteiger partial charge in [-0.15, -0.1) is 21.8 Å². The van der Waals surface area contributed by atoms with Crippen LogP contribution in [0.4, 0.5) is 0 Å². The normalized spacial score (nSPS) is 10.3. The lowest BCUT2D eigenvalue weighted by atomic mass is 10.1. The number of alkyl halides is 1. The van der Waals surface area contributed by atoms with Gasteiger partial charge >= 0.3 is 0 Å². The fourth-order valence-corrected chi connectivity index (χ4v) is 2.31. The highest BCUT2D eigenvalue weighted by molar-refractivity contribution is 6.16. The van der Waals surface area contributed by atoms with Gasteiger partial charge in [0.05, 0.1) is 17.5 Å². The van der Waals surface area contributed by atoms with Crippen molar-refractivity contribution in [3.63, 3.8) is 0 Å². The zero-order valence-electron chi connectivity index (χ0n) is 11.1. The van der Waals surface area contributed by atoms with Gasteiger partial charge in [0, 0.05) is 11.3 Å². The molecule has 0 saturated carbocycles. The number of halogens is 1. The second kappa shape index (κ2) is 5.78. The van der Waals surface area contributed by atoms with E-state index in [9.17, 15) is 0 Å². The highest BCUT2D eigenvalue weighted by atomic mass is 35.5. The monoisotopic (exact) mass is 294 g/mol. The van der Waals surface area contributed by atoms with Crippen LogP contribution >= 0.6 is 11.6 Å². The third-order valence-corrected chi connectivity index (χ3v) is 3.38. The molecule has 0 N–H and O–H groups in total. The summed E-state index contributed by atoms with van der Waals surface area (Å²) in [5.74, 6) is 1.67. The van der Waals surface area contributed by atoms with E-state index in [1.54, 1.807) is 12.1 Å². The summed E-state index contributed by atoms with van der Waals surface area (Å²) in [4.78, 5) is 0. The molecule has 3 rings (SSSR count). The van der Waals surface area contributed by atoms with E-state index in [4.69, 9.17) is 16.9 Å². The Morgan fingerprint density at radius 2 is 1.71 bits per heavy atom. The molecule has 3 aromatic rings. The number of para-hydroxylation sites is 1. The summed E-state index contributed by atoms with van der Waals surface area (Å²) in [7, 11) is 0. The van der Waals surface area contributed by atoms with Gasteiger partial charge in [0.15, 0.2) is 11.6 Å². The van der Waals surface area contributed by atoms with Crippen molar-refractivity contribution in [2.24, 2.45) is 0 Å². The van der Waals surface area contributed by atoms with Gasteiger partial charge in [0.25, 0.3) is 0 Å². The predicted molar refractivity (Wildman–Crippen MR) is 81.1 cm³/mol. The highest BCUT2D eigenvalue weighted by Crippen LogP contribution is 2.23. The number of benzene rings is 2. The van der Waals surface area contributed by atoms with Crippen LogP contribution in [0, 0.1) is 11.3 Å². The van der Waals surface area contributed by atoms with Crippen molar-refractivity contribution >= 4 is 11.6 Å². The lowest BCUT2D eigenvalue weighted by molar-refractivity contribution is 0.953. The van der Waals surface area contributed by atoms with Crippen LogP contribution in [0.15, 0.2) is 54.6 Å². The average Bonchev–Trinajstić information content (AvgIpc) is 2.99. The first-order valence-corrected chi connectivity index (χ1v) is 6.93. The Morgan fingerprint density at radius 1 is 1.00 bits per heavy atom. The van der Waals surface area contributed by atoms with E-state index in [-0.39, 0.29) is 5.88 Å². The molecule has 0 atom stereocenters. The Hall–Kier alpha value is -2.64. The topological polar surface area (TPSA) is 54.5 Å². The van der Waals surface area contributed by atoms with Crippen LogP contribution in [-0.2, 0) is 5.88 Å². The molecule has 102 valence electrons. The summed E-state index contributed by atoms with van der Waals surface area (Å²) in [6.45, 7) is 0. The molecule has 0 aliphatic heterocycles. The maximum atomic E-state index is 8.87. The number of hydrogen-bond acceptors (Lipinski definition) is 3. The summed E-state index contributed by atoms with van der Waals surface area (Å²) in [6, 6.07) is 19.2. The van der Waals surface area contributed by atoms with Gasteiger partial charge in [-0.1, -0.05) is 18.2 Å². The Kier molecular flexibility index (Phi) is 3.67. The van der Waals surface area contributed by atoms with Gasteiger partial charge in [-0.2, -0.15) is 5.26 Å². The van der Waals surface area contributed by atoms with Crippen LogP contribution in [0.1, 0.15) is 11.4 Å². The van der Waals surface area contributed by atoms with Crippen LogP contribution in [0.25, 0.3) is 17.1 Å². The van der Waals surface area contributed by atoms with Gasteiger partial charge in [-0.25, -0.2) is 0 Å². The number of rotatable bonds is 3. The van der Waals surface area contributed by atoms with E-state index >= 15 is 0 Å². The van der Waals surface area contributed by atoms with Gasteiger partial charge in [-0.05, 0) is 36.4 Å². The van der Waals surface area contributed by atoms with E-state index in [0.717, 1.165) is 11.3 Å². The number of nitrogens with zero attached hydrogens (tertiary/aromatic N) is 4. The smallest absolute Gasteiger partial charge is 0.168 e. The average molecular weight is 295 g/mol. The molecule has 0 amide bonds. The quantitative estimate of drug-likeness (QED) is 0.694. The molecule has 1 heterocycles. The molecular weight excluding hydrogens is 284 g/mol. The van der Waals surface area contributed by atoms with Crippen molar-refractivity contribution in [3.8, 4) is 23.1 Å². The SMILES string of the molecule is N#Cc1ccc(-c2nnc(CCl)n2-c2ccccc2)cc1. The third kappa shape index (κ3) is 2.51. The van der Waals surface area contributed by atoms with Crippen molar-refractivity contribution in [1.29, 1.82) is 5.26 Å². The first kappa shape index (κ1) is 13.3. The van der Waals surface area contributed by atoms with Crippen LogP contribution in [0.5, 0.6) is 0 Å². The fraction of sp³-hybridized carbons (Fsp3) is 0.0625. The Labute approximate surface area is 127 Å². The Bertz CT molecular complexity index is 785. The molecule has 4 nitrogen and oxygen atoms in total. The van der Waals surface area contributed by atoms with Crippen molar-refractivity contribution in [1.82, 2.24) is 14.8 Å². The van der Waals surface area contributed by atoms with E-state index in [0.29, 0.717) is 17.2 Å². The van der Waals surface area contributed by atoms with Crippen molar-refractivity contribution < 1.29 is 0 Å². The Balaban J connectivity index is 2.15. The lowest BCUT2D eigenvalue weighted by Crippen LogP contribution is -2.01. The van der Waals surface area contributed by atoms with Crippen LogP contribution in [0.2, 0.25) is 0 Å². The molecule has 0 bridgehead atoms. The number of aromatic nitrogens is 3. The van der Waals surface area contributed by atoms with Crippen molar-refractivity contribution in [2.75, 3.05) is 0 Å². The van der Waals surface area contributed by atoms with Crippen LogP contribution in [-0.4, -0.2) is 14.8 Å². The third-order valence-electron chi connectivity index (χ3n) is 3.14. The molecule has 0 fully saturated rings. The molecule has 0 spiro atoms. The van der Waals surface area contributed by atoms with Crippen molar-refractivity contribution in [2.45, 2.75) is 5.88 Å². The van der Waals surface area contributed by atoms with Crippen LogP contribution < -0.4 is 0 Å². The minimum atomic E-state index is 0.276. The zero-order chi connectivity index (χ0) is 14.7. The van der Waals surface area contributed by atoms with Crippen molar-refractivity contribution in [3.05, 3.63) is 66.0 Å². The molecule has 1 aromatic heterocycles. The minimum absolute atomic E-state index is 0.276. The number of nitriles is 1. The molecule has 0 aliphatic rings. The van der Waals surface area contributed by atoms with Gasteiger partial charge < -0.3 is 0 Å². The molecule has 5 heteroatoms. The summed E-state index contributed by atoms with van der Waals surface area (Å²) >= 11 is 5.96.